The minimum absolute atomic E-state index is 0.0181. The highest BCUT2D eigenvalue weighted by molar-refractivity contribution is 5.60. The molecule has 0 spiro atoms. The molecule has 1 aromatic carbocycles. The Kier molecular flexibility index (Phi) is 4.29. The van der Waals surface area contributed by atoms with E-state index in [0.717, 1.165) is 11.6 Å². The Bertz CT molecular complexity index is 624. The van der Waals surface area contributed by atoms with Crippen molar-refractivity contribution in [2.45, 2.75) is 19.2 Å². The van der Waals surface area contributed by atoms with Crippen LogP contribution in [0.1, 0.15) is 22.9 Å². The smallest absolute Gasteiger partial charge is 0.393 e. The maximum absolute atomic E-state index is 12.9. The van der Waals surface area contributed by atoms with Gasteiger partial charge in [-0.25, -0.2) is 4.98 Å². The van der Waals surface area contributed by atoms with Crippen LogP contribution >= 0.6 is 0 Å². The summed E-state index contributed by atoms with van der Waals surface area (Å²) in [5.74, 6) is 0. The summed E-state index contributed by atoms with van der Waals surface area (Å²) in [5, 5.41) is 18.5. The zero-order valence-corrected chi connectivity index (χ0v) is 11.2. The number of rotatable bonds is 3. The molecule has 0 radical (unpaired) electrons. The average Bonchev–Trinajstić information content (AvgIpc) is 2.45. The van der Waals surface area contributed by atoms with Gasteiger partial charge in [0.1, 0.15) is 11.8 Å². The van der Waals surface area contributed by atoms with Crippen molar-refractivity contribution < 1.29 is 23.4 Å². The minimum atomic E-state index is -4.62. The van der Waals surface area contributed by atoms with Crippen LogP contribution < -0.4 is 0 Å². The lowest BCUT2D eigenvalue weighted by molar-refractivity contribution is -0.141. The summed E-state index contributed by atoms with van der Waals surface area (Å²) in [6.07, 6.45) is -6.00. The van der Waals surface area contributed by atoms with Gasteiger partial charge in [0.15, 0.2) is 0 Å². The molecule has 1 heterocycles. The summed E-state index contributed by atoms with van der Waals surface area (Å²) in [7, 11) is 0. The van der Waals surface area contributed by atoms with Crippen molar-refractivity contribution in [1.82, 2.24) is 4.98 Å². The lowest BCUT2D eigenvalue weighted by Crippen LogP contribution is -2.12. The van der Waals surface area contributed by atoms with Gasteiger partial charge in [-0.1, -0.05) is 29.8 Å². The van der Waals surface area contributed by atoms with Crippen molar-refractivity contribution in [2.75, 3.05) is 6.61 Å². The number of aliphatic hydroxyl groups excluding tert-OH is 2. The fourth-order valence-corrected chi connectivity index (χ4v) is 1.87. The number of hydrogen-bond donors (Lipinski definition) is 2. The molecule has 3 nitrogen and oxygen atoms in total. The molecule has 2 rings (SSSR count). The van der Waals surface area contributed by atoms with Crippen molar-refractivity contribution in [3.05, 3.63) is 53.2 Å². The van der Waals surface area contributed by atoms with Crippen molar-refractivity contribution >= 4 is 0 Å². The highest BCUT2D eigenvalue weighted by Crippen LogP contribution is 2.32. The molecular weight excluding hydrogens is 283 g/mol. The zero-order valence-electron chi connectivity index (χ0n) is 11.2. The standard InChI is InChI=1S/C15H14F3NO2/c1-9-2-4-10(5-3-9)12-6-11(13(21)8-20)7-14(19-12)15(16,17)18/h2-7,13,20-21H,8H2,1H3. The van der Waals surface area contributed by atoms with Gasteiger partial charge in [-0.2, -0.15) is 13.2 Å². The Balaban J connectivity index is 2.57. The first-order chi connectivity index (χ1) is 9.81. The molecule has 0 bridgehead atoms. The van der Waals surface area contributed by atoms with Crippen LogP contribution in [0.2, 0.25) is 0 Å². The van der Waals surface area contributed by atoms with E-state index in [1.807, 2.05) is 6.92 Å². The highest BCUT2D eigenvalue weighted by Gasteiger charge is 2.33. The third-order valence-corrected chi connectivity index (χ3v) is 3.04. The van der Waals surface area contributed by atoms with E-state index in [0.29, 0.717) is 5.56 Å². The van der Waals surface area contributed by atoms with Crippen LogP contribution in [0.4, 0.5) is 13.2 Å². The van der Waals surface area contributed by atoms with Gasteiger partial charge in [0, 0.05) is 5.56 Å². The van der Waals surface area contributed by atoms with Gasteiger partial charge in [0.05, 0.1) is 12.3 Å². The third-order valence-electron chi connectivity index (χ3n) is 3.04. The van der Waals surface area contributed by atoms with Crippen LogP contribution in [0.3, 0.4) is 0 Å². The number of aromatic nitrogens is 1. The number of pyridine rings is 1. The summed E-state index contributed by atoms with van der Waals surface area (Å²) in [6.45, 7) is 1.21. The quantitative estimate of drug-likeness (QED) is 0.915. The number of benzene rings is 1. The Hall–Kier alpha value is -1.92. The van der Waals surface area contributed by atoms with Crippen molar-refractivity contribution in [2.24, 2.45) is 0 Å². The summed E-state index contributed by atoms with van der Waals surface area (Å²) in [6, 6.07) is 8.94. The van der Waals surface area contributed by atoms with Crippen molar-refractivity contribution in [3.63, 3.8) is 0 Å². The highest BCUT2D eigenvalue weighted by atomic mass is 19.4. The Labute approximate surface area is 119 Å². The molecule has 112 valence electrons. The molecule has 0 aliphatic heterocycles. The van der Waals surface area contributed by atoms with E-state index in [1.54, 1.807) is 24.3 Å². The Morgan fingerprint density at radius 1 is 1.14 bits per heavy atom. The molecule has 21 heavy (non-hydrogen) atoms. The molecule has 0 saturated heterocycles. The first-order valence-electron chi connectivity index (χ1n) is 6.26. The maximum Gasteiger partial charge on any atom is 0.433 e. The first-order valence-corrected chi connectivity index (χ1v) is 6.26. The lowest BCUT2D eigenvalue weighted by atomic mass is 10.0. The molecule has 1 unspecified atom stereocenters. The van der Waals surface area contributed by atoms with E-state index in [2.05, 4.69) is 4.98 Å². The summed E-state index contributed by atoms with van der Waals surface area (Å²) >= 11 is 0. The fraction of sp³-hybridized carbons (Fsp3) is 0.267. The molecule has 0 aliphatic rings. The predicted molar refractivity (Wildman–Crippen MR) is 71.5 cm³/mol. The Morgan fingerprint density at radius 3 is 2.29 bits per heavy atom. The molecule has 2 aromatic rings. The van der Waals surface area contributed by atoms with Gasteiger partial charge in [0.2, 0.25) is 0 Å². The molecule has 0 amide bonds. The molecule has 2 N–H and O–H groups in total. The van der Waals surface area contributed by atoms with Gasteiger partial charge >= 0.3 is 6.18 Å². The van der Waals surface area contributed by atoms with E-state index in [1.165, 1.54) is 6.07 Å². The van der Waals surface area contributed by atoms with Crippen LogP contribution in [0.5, 0.6) is 0 Å². The number of nitrogens with zero attached hydrogens (tertiary/aromatic N) is 1. The SMILES string of the molecule is Cc1ccc(-c2cc(C(O)CO)cc(C(F)(F)F)n2)cc1. The van der Waals surface area contributed by atoms with Gasteiger partial charge in [-0.3, -0.25) is 0 Å². The van der Waals surface area contributed by atoms with Crippen molar-refractivity contribution in [3.8, 4) is 11.3 Å². The van der Waals surface area contributed by atoms with E-state index in [9.17, 15) is 18.3 Å². The second-order valence-corrected chi connectivity index (χ2v) is 4.73. The van der Waals surface area contributed by atoms with E-state index in [4.69, 9.17) is 5.11 Å². The molecule has 1 aromatic heterocycles. The number of halogens is 3. The second-order valence-electron chi connectivity index (χ2n) is 4.73. The predicted octanol–water partition coefficient (Wildman–Crippen LogP) is 3.10. The van der Waals surface area contributed by atoms with Gasteiger partial charge in [0.25, 0.3) is 0 Å². The molecule has 6 heteroatoms. The van der Waals surface area contributed by atoms with E-state index < -0.39 is 24.6 Å². The molecule has 0 saturated carbocycles. The molecule has 0 aliphatic carbocycles. The van der Waals surface area contributed by atoms with Crippen LogP contribution in [0.25, 0.3) is 11.3 Å². The van der Waals surface area contributed by atoms with Crippen LogP contribution in [-0.2, 0) is 6.18 Å². The topological polar surface area (TPSA) is 53.4 Å². The first kappa shape index (κ1) is 15.5. The number of aliphatic hydroxyl groups is 2. The van der Waals surface area contributed by atoms with Crippen molar-refractivity contribution in [1.29, 1.82) is 0 Å². The monoisotopic (exact) mass is 297 g/mol. The van der Waals surface area contributed by atoms with Gasteiger partial charge in [-0.15, -0.1) is 0 Å². The largest absolute Gasteiger partial charge is 0.433 e. The third kappa shape index (κ3) is 3.59. The average molecular weight is 297 g/mol. The molecular formula is C15H14F3NO2. The van der Waals surface area contributed by atoms with Crippen LogP contribution in [0, 0.1) is 6.92 Å². The summed E-state index contributed by atoms with van der Waals surface area (Å²) in [5.41, 5.74) is 0.477. The van der Waals surface area contributed by atoms with Gasteiger partial charge in [-0.05, 0) is 24.6 Å². The van der Waals surface area contributed by atoms with E-state index >= 15 is 0 Å². The maximum atomic E-state index is 12.9. The van der Waals surface area contributed by atoms with E-state index in [-0.39, 0.29) is 11.3 Å². The molecule has 0 fully saturated rings. The van der Waals surface area contributed by atoms with Crippen LogP contribution in [0.15, 0.2) is 36.4 Å². The normalized spacial score (nSPS) is 13.2. The van der Waals surface area contributed by atoms with Crippen LogP contribution in [-0.4, -0.2) is 21.8 Å². The van der Waals surface area contributed by atoms with Gasteiger partial charge < -0.3 is 10.2 Å². The minimum Gasteiger partial charge on any atom is -0.393 e. The zero-order chi connectivity index (χ0) is 15.6. The molecule has 1 atom stereocenters. The number of aryl methyl sites for hydroxylation is 1. The number of hydrogen-bond acceptors (Lipinski definition) is 3. The summed E-state index contributed by atoms with van der Waals surface area (Å²) < 4.78 is 38.7. The number of alkyl halides is 3. The fourth-order valence-electron chi connectivity index (χ4n) is 1.87. The Morgan fingerprint density at radius 2 is 1.76 bits per heavy atom. The lowest BCUT2D eigenvalue weighted by Gasteiger charge is -2.14. The summed E-state index contributed by atoms with van der Waals surface area (Å²) in [4.78, 5) is 3.60. The second kappa shape index (κ2) is 5.83.